The van der Waals surface area contributed by atoms with Crippen molar-refractivity contribution in [1.29, 1.82) is 0 Å². The number of nitrogens with one attached hydrogen (secondary N) is 1. The standard InChI is InChI=1S/C39H44BrN3O6S/c1-28-14-21-34(22-15-28)50(46,47)43(35-25-33(48-2)20-23-37(35)49-3)27-38(44)42(26-30-16-18-31(40)19-17-30)36(24-29-10-6-4-7-11-29)39(45)41-32-12-8-5-9-13-32/h4,6-7,10-11,14-23,25,32,36H,5,8-9,12-13,24,26-27H2,1-3H3,(H,41,45)/t36-/m0/s1. The third kappa shape index (κ3) is 9.25. The smallest absolute Gasteiger partial charge is 0.264 e. The number of anilines is 1. The lowest BCUT2D eigenvalue weighted by molar-refractivity contribution is -0.140. The lowest BCUT2D eigenvalue weighted by Gasteiger charge is -2.35. The van der Waals surface area contributed by atoms with Crippen molar-refractivity contribution in [3.63, 3.8) is 0 Å². The zero-order valence-corrected chi connectivity index (χ0v) is 31.1. The van der Waals surface area contributed by atoms with Crippen LogP contribution < -0.4 is 19.1 Å². The molecule has 0 aromatic heterocycles. The van der Waals surface area contributed by atoms with Crippen LogP contribution in [0.2, 0.25) is 0 Å². The number of hydrogen-bond donors (Lipinski definition) is 1. The Kier molecular flexibility index (Phi) is 12.6. The van der Waals surface area contributed by atoms with Crippen LogP contribution in [0.5, 0.6) is 11.5 Å². The van der Waals surface area contributed by atoms with Gasteiger partial charge in [0.1, 0.15) is 24.1 Å². The summed E-state index contributed by atoms with van der Waals surface area (Å²) >= 11 is 3.48. The van der Waals surface area contributed by atoms with E-state index in [4.69, 9.17) is 9.47 Å². The number of carbonyl (C=O) groups is 2. The van der Waals surface area contributed by atoms with E-state index < -0.39 is 28.5 Å². The van der Waals surface area contributed by atoms with Crippen LogP contribution in [0.4, 0.5) is 5.69 Å². The summed E-state index contributed by atoms with van der Waals surface area (Å²) in [5.41, 5.74) is 2.69. The van der Waals surface area contributed by atoms with Crippen molar-refractivity contribution in [2.24, 2.45) is 0 Å². The normalized spacial score (nSPS) is 14.0. The Morgan fingerprint density at radius 2 is 1.54 bits per heavy atom. The van der Waals surface area contributed by atoms with Gasteiger partial charge in [-0.3, -0.25) is 13.9 Å². The second-order valence-electron chi connectivity index (χ2n) is 12.6. The van der Waals surface area contributed by atoms with Gasteiger partial charge >= 0.3 is 0 Å². The van der Waals surface area contributed by atoms with Crippen LogP contribution in [0.15, 0.2) is 106 Å². The van der Waals surface area contributed by atoms with Gasteiger partial charge in [-0.25, -0.2) is 8.42 Å². The highest BCUT2D eigenvalue weighted by Crippen LogP contribution is 2.36. The number of nitrogens with zero attached hydrogens (tertiary/aromatic N) is 2. The average molecular weight is 763 g/mol. The average Bonchev–Trinajstić information content (AvgIpc) is 3.13. The highest BCUT2D eigenvalue weighted by Gasteiger charge is 2.36. The minimum Gasteiger partial charge on any atom is -0.497 e. The number of benzene rings is 4. The largest absolute Gasteiger partial charge is 0.497 e. The fourth-order valence-corrected chi connectivity index (χ4v) is 7.91. The topological polar surface area (TPSA) is 105 Å². The molecule has 9 nitrogen and oxygen atoms in total. The summed E-state index contributed by atoms with van der Waals surface area (Å²) in [6.45, 7) is 1.35. The molecule has 5 rings (SSSR count). The number of methoxy groups -OCH3 is 2. The molecular weight excluding hydrogens is 718 g/mol. The van der Waals surface area contributed by atoms with Gasteiger partial charge in [-0.2, -0.15) is 0 Å². The molecule has 0 saturated heterocycles. The number of ether oxygens (including phenoxy) is 2. The van der Waals surface area contributed by atoms with Crippen molar-refractivity contribution in [3.8, 4) is 11.5 Å². The molecule has 0 spiro atoms. The third-order valence-electron chi connectivity index (χ3n) is 9.03. The summed E-state index contributed by atoms with van der Waals surface area (Å²) in [5.74, 6) is -0.186. The number of sulfonamides is 1. The first kappa shape index (κ1) is 36.9. The van der Waals surface area contributed by atoms with E-state index in [1.54, 1.807) is 24.3 Å². The number of rotatable bonds is 14. The highest BCUT2D eigenvalue weighted by molar-refractivity contribution is 9.10. The highest BCUT2D eigenvalue weighted by atomic mass is 79.9. The van der Waals surface area contributed by atoms with E-state index in [9.17, 15) is 18.0 Å². The molecule has 0 heterocycles. The van der Waals surface area contributed by atoms with Crippen LogP contribution >= 0.6 is 15.9 Å². The predicted octanol–water partition coefficient (Wildman–Crippen LogP) is 7.06. The first-order valence-electron chi connectivity index (χ1n) is 16.8. The monoisotopic (exact) mass is 761 g/mol. The van der Waals surface area contributed by atoms with Gasteiger partial charge in [0.2, 0.25) is 11.8 Å². The molecular formula is C39H44BrN3O6S. The lowest BCUT2D eigenvalue weighted by atomic mass is 9.94. The van der Waals surface area contributed by atoms with Crippen molar-refractivity contribution >= 4 is 43.5 Å². The Morgan fingerprint density at radius 3 is 2.18 bits per heavy atom. The van der Waals surface area contributed by atoms with Crippen LogP contribution in [-0.2, 0) is 32.6 Å². The van der Waals surface area contributed by atoms with Crippen molar-refractivity contribution in [2.45, 2.75) is 69.0 Å². The molecule has 50 heavy (non-hydrogen) atoms. The molecule has 1 aliphatic rings. The molecule has 0 unspecified atom stereocenters. The van der Waals surface area contributed by atoms with E-state index >= 15 is 0 Å². The Labute approximate surface area is 303 Å². The van der Waals surface area contributed by atoms with Crippen LogP contribution in [0, 0.1) is 6.92 Å². The quantitative estimate of drug-likeness (QED) is 0.148. The van der Waals surface area contributed by atoms with Gasteiger partial charge in [0.25, 0.3) is 10.0 Å². The molecule has 1 atom stereocenters. The first-order chi connectivity index (χ1) is 24.1. The van der Waals surface area contributed by atoms with Gasteiger partial charge in [-0.15, -0.1) is 0 Å². The van der Waals surface area contributed by atoms with Crippen LogP contribution in [0.25, 0.3) is 0 Å². The summed E-state index contributed by atoms with van der Waals surface area (Å²) in [4.78, 5) is 30.7. The summed E-state index contributed by atoms with van der Waals surface area (Å²) in [7, 11) is -1.40. The maximum atomic E-state index is 14.9. The molecule has 264 valence electrons. The molecule has 11 heteroatoms. The predicted molar refractivity (Wildman–Crippen MR) is 199 cm³/mol. The summed E-state index contributed by atoms with van der Waals surface area (Å²) in [5, 5.41) is 3.24. The molecule has 2 amide bonds. The number of carbonyl (C=O) groups excluding carboxylic acids is 2. The minimum atomic E-state index is -4.32. The van der Waals surface area contributed by atoms with Crippen LogP contribution in [0.3, 0.4) is 0 Å². The maximum Gasteiger partial charge on any atom is 0.264 e. The van der Waals surface area contributed by atoms with Crippen molar-refractivity contribution < 1.29 is 27.5 Å². The van der Waals surface area contributed by atoms with Crippen LogP contribution in [-0.4, -0.2) is 58.0 Å². The first-order valence-corrected chi connectivity index (χ1v) is 19.0. The van der Waals surface area contributed by atoms with Crippen molar-refractivity contribution in [2.75, 3.05) is 25.1 Å². The van der Waals surface area contributed by atoms with Gasteiger partial charge in [0.05, 0.1) is 24.8 Å². The molecule has 4 aromatic rings. The molecule has 0 radical (unpaired) electrons. The summed E-state index contributed by atoms with van der Waals surface area (Å²) < 4.78 is 42.0. The second kappa shape index (κ2) is 17.0. The summed E-state index contributed by atoms with van der Waals surface area (Å²) in [6.07, 6.45) is 5.20. The van der Waals surface area contributed by atoms with Gasteiger partial charge in [-0.1, -0.05) is 95.4 Å². The number of amides is 2. The molecule has 0 aliphatic heterocycles. The van der Waals surface area contributed by atoms with Crippen molar-refractivity contribution in [1.82, 2.24) is 10.2 Å². The second-order valence-corrected chi connectivity index (χ2v) is 15.3. The fourth-order valence-electron chi connectivity index (χ4n) is 6.23. The Bertz CT molecular complexity index is 1850. The van der Waals surface area contributed by atoms with E-state index in [0.717, 1.165) is 57.6 Å². The Hall–Kier alpha value is -4.35. The lowest BCUT2D eigenvalue weighted by Crippen LogP contribution is -2.55. The van der Waals surface area contributed by atoms with E-state index in [0.29, 0.717) is 5.75 Å². The van der Waals surface area contributed by atoms with E-state index in [-0.39, 0.29) is 41.2 Å². The molecule has 1 saturated carbocycles. The van der Waals surface area contributed by atoms with E-state index in [2.05, 4.69) is 21.2 Å². The summed E-state index contributed by atoms with van der Waals surface area (Å²) in [6, 6.07) is 27.4. The number of hydrogen-bond acceptors (Lipinski definition) is 6. The van der Waals surface area contributed by atoms with Gasteiger partial charge in [-0.05, 0) is 67.3 Å². The molecule has 1 fully saturated rings. The number of aryl methyl sites for hydroxylation is 1. The van der Waals surface area contributed by atoms with Gasteiger partial charge < -0.3 is 19.7 Å². The fraction of sp³-hybridized carbons (Fsp3) is 0.333. The SMILES string of the molecule is COc1ccc(OC)c(N(CC(=O)N(Cc2ccc(Br)cc2)[C@@H](Cc2ccccc2)C(=O)NC2CCCCC2)S(=O)(=O)c2ccc(C)cc2)c1. The van der Waals surface area contributed by atoms with Crippen molar-refractivity contribution in [3.05, 3.63) is 118 Å². The van der Waals surface area contributed by atoms with E-state index in [1.807, 2.05) is 61.5 Å². The zero-order valence-electron chi connectivity index (χ0n) is 28.7. The zero-order chi connectivity index (χ0) is 35.7. The third-order valence-corrected chi connectivity index (χ3v) is 11.3. The Morgan fingerprint density at radius 1 is 0.860 bits per heavy atom. The van der Waals surface area contributed by atoms with Gasteiger partial charge in [0, 0.05) is 29.5 Å². The molecule has 4 aromatic carbocycles. The maximum absolute atomic E-state index is 14.9. The minimum absolute atomic E-state index is 0.0103. The Balaban J connectivity index is 1.61. The number of halogens is 1. The molecule has 0 bridgehead atoms. The molecule has 1 aliphatic carbocycles. The van der Waals surface area contributed by atoms with Crippen LogP contribution in [0.1, 0.15) is 48.8 Å². The van der Waals surface area contributed by atoms with E-state index in [1.165, 1.54) is 37.3 Å². The van der Waals surface area contributed by atoms with Gasteiger partial charge in [0.15, 0.2) is 0 Å². The molecule has 1 N–H and O–H groups in total.